The maximum atomic E-state index is 4.94. The molecular formula is C29H20N2S. The Morgan fingerprint density at radius 3 is 2.03 bits per heavy atom. The molecule has 0 fully saturated rings. The van der Waals surface area contributed by atoms with E-state index < -0.39 is 0 Å². The number of rotatable bonds is 3. The third-order valence-electron chi connectivity index (χ3n) is 5.78. The Morgan fingerprint density at radius 2 is 1.19 bits per heavy atom. The van der Waals surface area contributed by atoms with Gasteiger partial charge in [-0.05, 0) is 48.4 Å². The molecule has 0 amide bonds. The van der Waals surface area contributed by atoms with Gasteiger partial charge in [0.05, 0.1) is 5.69 Å². The van der Waals surface area contributed by atoms with Crippen molar-refractivity contribution in [3.63, 3.8) is 0 Å². The van der Waals surface area contributed by atoms with E-state index in [0.717, 1.165) is 28.3 Å². The SMILES string of the molecule is Cc1cc(-c2ccc(-c3ccccc3)cc2)nc(-c2ccc3sc4ccccc4c3c2)n1. The molecule has 0 aliphatic rings. The summed E-state index contributed by atoms with van der Waals surface area (Å²) in [4.78, 5) is 9.70. The molecule has 0 saturated carbocycles. The van der Waals surface area contributed by atoms with Crippen molar-refractivity contribution in [1.29, 1.82) is 0 Å². The fourth-order valence-corrected chi connectivity index (χ4v) is 5.26. The van der Waals surface area contributed by atoms with Crippen LogP contribution in [0.15, 0.2) is 103 Å². The second-order valence-corrected chi connectivity index (χ2v) is 9.05. The first-order chi connectivity index (χ1) is 15.7. The van der Waals surface area contributed by atoms with E-state index in [1.807, 2.05) is 24.3 Å². The van der Waals surface area contributed by atoms with Crippen LogP contribution in [0.25, 0.3) is 53.9 Å². The maximum absolute atomic E-state index is 4.94. The molecular weight excluding hydrogens is 408 g/mol. The molecule has 0 bridgehead atoms. The monoisotopic (exact) mass is 428 g/mol. The number of hydrogen-bond donors (Lipinski definition) is 0. The standard InChI is InChI=1S/C29H20N2S/c1-19-17-26(22-13-11-21(12-14-22)20-7-3-2-4-8-20)31-29(30-19)23-15-16-28-25(18-23)24-9-5-6-10-27(24)32-28/h2-18H,1H3. The number of nitrogens with zero attached hydrogens (tertiary/aromatic N) is 2. The van der Waals surface area contributed by atoms with Crippen LogP contribution in [-0.2, 0) is 0 Å². The normalized spacial score (nSPS) is 11.3. The van der Waals surface area contributed by atoms with Gasteiger partial charge in [0.15, 0.2) is 5.82 Å². The second-order valence-electron chi connectivity index (χ2n) is 7.97. The summed E-state index contributed by atoms with van der Waals surface area (Å²) < 4.78 is 2.60. The fraction of sp³-hybridized carbons (Fsp3) is 0.0345. The number of aromatic nitrogens is 2. The fourth-order valence-electron chi connectivity index (χ4n) is 4.17. The van der Waals surface area contributed by atoms with Crippen molar-refractivity contribution in [2.24, 2.45) is 0 Å². The second kappa shape index (κ2) is 7.70. The number of benzene rings is 4. The van der Waals surface area contributed by atoms with Gasteiger partial charge in [0.25, 0.3) is 0 Å². The van der Waals surface area contributed by atoms with E-state index in [9.17, 15) is 0 Å². The van der Waals surface area contributed by atoms with Crippen LogP contribution in [0.1, 0.15) is 5.69 Å². The van der Waals surface area contributed by atoms with Crippen molar-refractivity contribution in [3.05, 3.63) is 109 Å². The quantitative estimate of drug-likeness (QED) is 0.284. The van der Waals surface area contributed by atoms with Gasteiger partial charge in [0.1, 0.15) is 0 Å². The van der Waals surface area contributed by atoms with Gasteiger partial charge in [-0.3, -0.25) is 0 Å². The number of thiophene rings is 1. The smallest absolute Gasteiger partial charge is 0.160 e. The van der Waals surface area contributed by atoms with Gasteiger partial charge in [0, 0.05) is 37.0 Å². The molecule has 0 radical (unpaired) electrons. The van der Waals surface area contributed by atoms with E-state index in [1.165, 1.54) is 31.3 Å². The lowest BCUT2D eigenvalue weighted by Crippen LogP contribution is -1.95. The minimum absolute atomic E-state index is 0.768. The summed E-state index contributed by atoms with van der Waals surface area (Å²) in [6, 6.07) is 36.2. The third kappa shape index (κ3) is 3.37. The molecule has 32 heavy (non-hydrogen) atoms. The zero-order chi connectivity index (χ0) is 21.5. The average Bonchev–Trinajstić information content (AvgIpc) is 3.22. The molecule has 6 aromatic rings. The van der Waals surface area contributed by atoms with Crippen molar-refractivity contribution < 1.29 is 0 Å². The summed E-state index contributed by atoms with van der Waals surface area (Å²) in [5.74, 6) is 0.768. The van der Waals surface area contributed by atoms with E-state index in [-0.39, 0.29) is 0 Å². The predicted molar refractivity (Wildman–Crippen MR) is 136 cm³/mol. The van der Waals surface area contributed by atoms with Crippen LogP contribution in [0, 0.1) is 6.92 Å². The number of fused-ring (bicyclic) bond motifs is 3. The van der Waals surface area contributed by atoms with Crippen molar-refractivity contribution in [2.75, 3.05) is 0 Å². The van der Waals surface area contributed by atoms with Crippen LogP contribution >= 0.6 is 11.3 Å². The molecule has 2 nitrogen and oxygen atoms in total. The van der Waals surface area contributed by atoms with Gasteiger partial charge in [-0.25, -0.2) is 9.97 Å². The lowest BCUT2D eigenvalue weighted by atomic mass is 10.0. The topological polar surface area (TPSA) is 25.8 Å². The van der Waals surface area contributed by atoms with E-state index in [1.54, 1.807) is 0 Å². The van der Waals surface area contributed by atoms with E-state index in [0.29, 0.717) is 0 Å². The first kappa shape index (κ1) is 18.9. The van der Waals surface area contributed by atoms with E-state index in [2.05, 4.69) is 97.1 Å². The molecule has 152 valence electrons. The summed E-state index contributed by atoms with van der Waals surface area (Å²) in [5.41, 5.74) is 6.48. The van der Waals surface area contributed by atoms with Gasteiger partial charge in [0.2, 0.25) is 0 Å². The molecule has 0 N–H and O–H groups in total. The number of hydrogen-bond acceptors (Lipinski definition) is 3. The van der Waals surface area contributed by atoms with Crippen LogP contribution in [-0.4, -0.2) is 9.97 Å². The van der Waals surface area contributed by atoms with Crippen LogP contribution in [0.5, 0.6) is 0 Å². The lowest BCUT2D eigenvalue weighted by molar-refractivity contribution is 1.12. The van der Waals surface area contributed by atoms with Gasteiger partial charge >= 0.3 is 0 Å². The van der Waals surface area contributed by atoms with Crippen LogP contribution < -0.4 is 0 Å². The maximum Gasteiger partial charge on any atom is 0.160 e. The molecule has 0 unspecified atom stereocenters. The molecule has 2 heterocycles. The van der Waals surface area contributed by atoms with E-state index >= 15 is 0 Å². The molecule has 3 heteroatoms. The van der Waals surface area contributed by atoms with E-state index in [4.69, 9.17) is 9.97 Å². The highest BCUT2D eigenvalue weighted by Crippen LogP contribution is 2.36. The third-order valence-corrected chi connectivity index (χ3v) is 6.93. The van der Waals surface area contributed by atoms with Crippen molar-refractivity contribution in [2.45, 2.75) is 6.92 Å². The molecule has 2 aromatic heterocycles. The van der Waals surface area contributed by atoms with Crippen molar-refractivity contribution >= 4 is 31.5 Å². The lowest BCUT2D eigenvalue weighted by Gasteiger charge is -2.08. The van der Waals surface area contributed by atoms with Gasteiger partial charge in [-0.2, -0.15) is 0 Å². The summed E-state index contributed by atoms with van der Waals surface area (Å²) in [6.07, 6.45) is 0. The molecule has 0 saturated heterocycles. The van der Waals surface area contributed by atoms with Gasteiger partial charge in [-0.1, -0.05) is 72.8 Å². The Balaban J connectivity index is 1.42. The Labute approximate surface area is 190 Å². The molecule has 0 aliphatic heterocycles. The Morgan fingerprint density at radius 1 is 0.531 bits per heavy atom. The molecule has 0 spiro atoms. The van der Waals surface area contributed by atoms with Crippen molar-refractivity contribution in [1.82, 2.24) is 9.97 Å². The first-order valence-corrected chi connectivity index (χ1v) is 11.5. The minimum Gasteiger partial charge on any atom is -0.233 e. The summed E-state index contributed by atoms with van der Waals surface area (Å²) >= 11 is 1.83. The van der Waals surface area contributed by atoms with Crippen LogP contribution in [0.4, 0.5) is 0 Å². The van der Waals surface area contributed by atoms with Crippen LogP contribution in [0.3, 0.4) is 0 Å². The molecule has 6 rings (SSSR count). The summed E-state index contributed by atoms with van der Waals surface area (Å²) in [5, 5.41) is 2.56. The predicted octanol–water partition coefficient (Wildman–Crippen LogP) is 8.15. The highest BCUT2D eigenvalue weighted by molar-refractivity contribution is 7.25. The summed E-state index contributed by atoms with van der Waals surface area (Å²) in [7, 11) is 0. The highest BCUT2D eigenvalue weighted by Gasteiger charge is 2.11. The number of aryl methyl sites for hydroxylation is 1. The first-order valence-electron chi connectivity index (χ1n) is 10.7. The molecule has 0 atom stereocenters. The van der Waals surface area contributed by atoms with Gasteiger partial charge in [-0.15, -0.1) is 11.3 Å². The van der Waals surface area contributed by atoms with Crippen molar-refractivity contribution in [3.8, 4) is 33.8 Å². The molecule has 4 aromatic carbocycles. The average molecular weight is 429 g/mol. The minimum atomic E-state index is 0.768. The highest BCUT2D eigenvalue weighted by atomic mass is 32.1. The largest absolute Gasteiger partial charge is 0.233 e. The zero-order valence-electron chi connectivity index (χ0n) is 17.6. The Kier molecular flexibility index (Phi) is 4.55. The zero-order valence-corrected chi connectivity index (χ0v) is 18.4. The Bertz CT molecular complexity index is 1560. The molecule has 0 aliphatic carbocycles. The Hall–Kier alpha value is -3.82. The van der Waals surface area contributed by atoms with Gasteiger partial charge < -0.3 is 0 Å². The van der Waals surface area contributed by atoms with Crippen LogP contribution in [0.2, 0.25) is 0 Å². The summed E-state index contributed by atoms with van der Waals surface area (Å²) in [6.45, 7) is 2.03.